The van der Waals surface area contributed by atoms with E-state index >= 15 is 0 Å². The van der Waals surface area contributed by atoms with Crippen LogP contribution in [-0.2, 0) is 28.5 Å². The minimum atomic E-state index is -4.41. The van der Waals surface area contributed by atoms with Gasteiger partial charge >= 0.3 is 12.3 Å². The maximum absolute atomic E-state index is 13.0. The number of nitrogens with zero attached hydrogens (tertiary/aromatic N) is 1. The average Bonchev–Trinajstić information content (AvgIpc) is 3.14. The van der Waals surface area contributed by atoms with Crippen molar-refractivity contribution >= 4 is 12.0 Å². The van der Waals surface area contributed by atoms with E-state index in [9.17, 15) is 22.8 Å². The predicted molar refractivity (Wildman–Crippen MR) is 113 cm³/mol. The van der Waals surface area contributed by atoms with Crippen LogP contribution in [0.1, 0.15) is 16.7 Å². The molecule has 2 amide bonds. The minimum absolute atomic E-state index is 0.0107. The van der Waals surface area contributed by atoms with Crippen molar-refractivity contribution < 1.29 is 27.5 Å². The van der Waals surface area contributed by atoms with Crippen molar-refractivity contribution in [2.24, 2.45) is 0 Å². The highest BCUT2D eigenvalue weighted by Gasteiger charge is 2.37. The Balaban J connectivity index is 1.46. The molecule has 0 N–H and O–H groups in total. The Morgan fingerprint density at radius 2 is 1.62 bits per heavy atom. The maximum atomic E-state index is 13.0. The summed E-state index contributed by atoms with van der Waals surface area (Å²) in [6, 6.07) is 20.9. The monoisotopic (exact) mass is 439 g/mol. The van der Waals surface area contributed by atoms with Crippen LogP contribution >= 0.6 is 0 Å². The highest BCUT2D eigenvalue weighted by Crippen LogP contribution is 2.32. The number of carbonyl (C=O) groups excluding carboxylic acids is 2. The zero-order valence-corrected chi connectivity index (χ0v) is 17.0. The van der Waals surface area contributed by atoms with Crippen LogP contribution < -0.4 is 0 Å². The van der Waals surface area contributed by atoms with Gasteiger partial charge in [0.1, 0.15) is 6.61 Å². The van der Waals surface area contributed by atoms with E-state index in [-0.39, 0.29) is 25.0 Å². The fourth-order valence-electron chi connectivity index (χ4n) is 3.75. The number of halogens is 3. The molecule has 0 aliphatic carbocycles. The second-order valence-corrected chi connectivity index (χ2v) is 7.64. The molecule has 0 radical (unpaired) electrons. The van der Waals surface area contributed by atoms with E-state index in [0.29, 0.717) is 23.1 Å². The average molecular weight is 439 g/mol. The second-order valence-electron chi connectivity index (χ2n) is 7.64. The molecule has 1 aliphatic heterocycles. The quantitative estimate of drug-likeness (QED) is 0.527. The molecule has 3 aromatic carbocycles. The van der Waals surface area contributed by atoms with E-state index in [2.05, 4.69) is 0 Å². The third kappa shape index (κ3) is 4.82. The van der Waals surface area contributed by atoms with E-state index in [1.54, 1.807) is 30.3 Å². The van der Waals surface area contributed by atoms with Crippen molar-refractivity contribution in [1.29, 1.82) is 0 Å². The van der Waals surface area contributed by atoms with E-state index in [1.165, 1.54) is 6.07 Å². The number of rotatable bonds is 5. The summed E-state index contributed by atoms with van der Waals surface area (Å²) in [5.74, 6) is -0.375. The van der Waals surface area contributed by atoms with Crippen LogP contribution in [0.3, 0.4) is 0 Å². The van der Waals surface area contributed by atoms with Gasteiger partial charge in [-0.3, -0.25) is 4.79 Å². The summed E-state index contributed by atoms with van der Waals surface area (Å²) in [6.07, 6.45) is -4.57. The minimum Gasteiger partial charge on any atom is -0.447 e. The predicted octanol–water partition coefficient (Wildman–Crippen LogP) is 5.51. The smallest absolute Gasteiger partial charge is 0.416 e. The maximum Gasteiger partial charge on any atom is 0.416 e. The van der Waals surface area contributed by atoms with Gasteiger partial charge in [0.2, 0.25) is 5.91 Å². The molecule has 1 aliphatic rings. The molecular weight excluding hydrogens is 419 g/mol. The van der Waals surface area contributed by atoms with Gasteiger partial charge in [-0.2, -0.15) is 13.2 Å². The zero-order chi connectivity index (χ0) is 22.7. The van der Waals surface area contributed by atoms with Crippen LogP contribution in [-0.4, -0.2) is 29.5 Å². The molecule has 0 saturated carbocycles. The molecule has 1 unspecified atom stereocenters. The summed E-state index contributed by atoms with van der Waals surface area (Å²) < 4.78 is 44.0. The number of cyclic esters (lactones) is 1. The van der Waals surface area contributed by atoms with Crippen LogP contribution in [0.5, 0.6) is 0 Å². The lowest BCUT2D eigenvalue weighted by Crippen LogP contribution is -2.41. The number of amides is 2. The van der Waals surface area contributed by atoms with Gasteiger partial charge in [-0.1, -0.05) is 66.7 Å². The van der Waals surface area contributed by atoms with E-state index in [0.717, 1.165) is 22.6 Å². The molecule has 32 heavy (non-hydrogen) atoms. The topological polar surface area (TPSA) is 46.6 Å². The molecule has 1 heterocycles. The number of alkyl halides is 3. The van der Waals surface area contributed by atoms with Gasteiger partial charge in [-0.05, 0) is 40.8 Å². The third-order valence-corrected chi connectivity index (χ3v) is 5.38. The molecule has 1 fully saturated rings. The molecule has 4 nitrogen and oxygen atoms in total. The van der Waals surface area contributed by atoms with Crippen molar-refractivity contribution in [1.82, 2.24) is 4.90 Å². The van der Waals surface area contributed by atoms with E-state index in [4.69, 9.17) is 4.74 Å². The Labute approximate surface area is 183 Å². The van der Waals surface area contributed by atoms with Crippen LogP contribution in [0.2, 0.25) is 0 Å². The Morgan fingerprint density at radius 3 is 2.31 bits per heavy atom. The SMILES string of the molecule is O=C(Cc1ccc(-c2cccc(C(F)(F)F)c2)cc1)N1C(=O)OCC1Cc1ccccc1. The highest BCUT2D eigenvalue weighted by atomic mass is 19.4. The molecule has 4 rings (SSSR count). The van der Waals surface area contributed by atoms with Crippen molar-refractivity contribution in [2.45, 2.75) is 25.1 Å². The summed E-state index contributed by atoms with van der Waals surface area (Å²) in [6.45, 7) is 0.147. The first kappa shape index (κ1) is 21.6. The Morgan fingerprint density at radius 1 is 0.906 bits per heavy atom. The summed E-state index contributed by atoms with van der Waals surface area (Å²) in [7, 11) is 0. The lowest BCUT2D eigenvalue weighted by atomic mass is 10.0. The van der Waals surface area contributed by atoms with E-state index in [1.807, 2.05) is 30.3 Å². The van der Waals surface area contributed by atoms with Crippen LogP contribution in [0, 0.1) is 0 Å². The molecule has 1 saturated heterocycles. The fourth-order valence-corrected chi connectivity index (χ4v) is 3.75. The van der Waals surface area contributed by atoms with Crippen molar-refractivity contribution in [3.8, 4) is 11.1 Å². The third-order valence-electron chi connectivity index (χ3n) is 5.38. The number of ether oxygens (including phenoxy) is 1. The van der Waals surface area contributed by atoms with Crippen molar-refractivity contribution in [2.75, 3.05) is 6.61 Å². The molecular formula is C25H20F3NO3. The van der Waals surface area contributed by atoms with Gasteiger partial charge in [0.15, 0.2) is 0 Å². The van der Waals surface area contributed by atoms with Gasteiger partial charge in [0, 0.05) is 0 Å². The Bertz CT molecular complexity index is 1110. The first-order valence-electron chi connectivity index (χ1n) is 10.1. The lowest BCUT2D eigenvalue weighted by Gasteiger charge is -2.19. The summed E-state index contributed by atoms with van der Waals surface area (Å²) >= 11 is 0. The van der Waals surface area contributed by atoms with Gasteiger partial charge in [0.05, 0.1) is 18.0 Å². The first-order valence-corrected chi connectivity index (χ1v) is 10.1. The molecule has 3 aromatic rings. The van der Waals surface area contributed by atoms with Crippen molar-refractivity contribution in [3.63, 3.8) is 0 Å². The summed E-state index contributed by atoms with van der Waals surface area (Å²) in [4.78, 5) is 26.1. The molecule has 0 bridgehead atoms. The summed E-state index contributed by atoms with van der Waals surface area (Å²) in [5.41, 5.74) is 1.98. The number of hydrogen-bond acceptors (Lipinski definition) is 3. The number of hydrogen-bond donors (Lipinski definition) is 0. The second kappa shape index (κ2) is 8.86. The van der Waals surface area contributed by atoms with Crippen LogP contribution in [0.4, 0.5) is 18.0 Å². The number of benzene rings is 3. The summed E-state index contributed by atoms with van der Waals surface area (Å²) in [5, 5.41) is 0. The molecule has 7 heteroatoms. The number of carbonyl (C=O) groups is 2. The normalized spacial score (nSPS) is 16.2. The molecule has 0 spiro atoms. The van der Waals surface area contributed by atoms with Crippen LogP contribution in [0.25, 0.3) is 11.1 Å². The molecule has 1 atom stereocenters. The Kier molecular flexibility index (Phi) is 5.99. The highest BCUT2D eigenvalue weighted by molar-refractivity contribution is 5.94. The zero-order valence-electron chi connectivity index (χ0n) is 17.0. The van der Waals surface area contributed by atoms with E-state index < -0.39 is 17.8 Å². The standard InChI is InChI=1S/C25H20F3NO3/c26-25(27,28)21-8-4-7-20(15-21)19-11-9-18(10-12-19)14-23(30)29-22(16-32-24(29)31)13-17-5-2-1-3-6-17/h1-12,15,22H,13-14,16H2. The van der Waals surface area contributed by atoms with Gasteiger partial charge < -0.3 is 4.74 Å². The number of imide groups is 1. The van der Waals surface area contributed by atoms with Gasteiger partial charge in [-0.25, -0.2) is 9.69 Å². The molecule has 164 valence electrons. The first-order chi connectivity index (χ1) is 15.3. The van der Waals surface area contributed by atoms with Crippen LogP contribution in [0.15, 0.2) is 78.9 Å². The largest absolute Gasteiger partial charge is 0.447 e. The lowest BCUT2D eigenvalue weighted by molar-refractivity contribution is -0.137. The van der Waals surface area contributed by atoms with Gasteiger partial charge in [0.25, 0.3) is 0 Å². The fraction of sp³-hybridized carbons (Fsp3) is 0.200. The van der Waals surface area contributed by atoms with Gasteiger partial charge in [-0.15, -0.1) is 0 Å². The van der Waals surface area contributed by atoms with Crippen molar-refractivity contribution in [3.05, 3.63) is 95.6 Å². The molecule has 0 aromatic heterocycles. The Hall–Kier alpha value is -3.61.